The molecule has 3 aromatic rings. The van der Waals surface area contributed by atoms with Gasteiger partial charge in [0.2, 0.25) is 0 Å². The summed E-state index contributed by atoms with van der Waals surface area (Å²) in [7, 11) is 0. The van der Waals surface area contributed by atoms with Crippen molar-refractivity contribution in [2.75, 3.05) is 5.32 Å². The van der Waals surface area contributed by atoms with Gasteiger partial charge in [0, 0.05) is 11.3 Å². The highest BCUT2D eigenvalue weighted by atomic mass is 32.1. The zero-order valence-corrected chi connectivity index (χ0v) is 14.6. The third-order valence-corrected chi connectivity index (χ3v) is 3.60. The number of thiocarbonyl (C=S) groups is 1. The fraction of sp³-hybridized carbons (Fsp3) is 0. The molecule has 3 rings (SSSR count). The molecule has 0 atom stereocenters. The van der Waals surface area contributed by atoms with E-state index in [4.69, 9.17) is 17.0 Å². The van der Waals surface area contributed by atoms with Crippen molar-refractivity contribution in [1.29, 1.82) is 0 Å². The Morgan fingerprint density at radius 2 is 1.42 bits per heavy atom. The van der Waals surface area contributed by atoms with Crippen LogP contribution in [0.3, 0.4) is 0 Å². The molecule has 3 aromatic carbocycles. The van der Waals surface area contributed by atoms with Gasteiger partial charge in [0.25, 0.3) is 5.91 Å². The van der Waals surface area contributed by atoms with Crippen LogP contribution in [-0.4, -0.2) is 11.0 Å². The fourth-order valence-corrected chi connectivity index (χ4v) is 2.36. The van der Waals surface area contributed by atoms with E-state index in [9.17, 15) is 4.79 Å². The number of hydrogen-bond acceptors (Lipinski definition) is 3. The largest absolute Gasteiger partial charge is 0.457 e. The van der Waals surface area contributed by atoms with E-state index in [1.165, 1.54) is 0 Å². The fourth-order valence-electron chi connectivity index (χ4n) is 2.19. The summed E-state index contributed by atoms with van der Waals surface area (Å²) in [4.78, 5) is 12.3. The van der Waals surface area contributed by atoms with Crippen molar-refractivity contribution < 1.29 is 9.53 Å². The van der Waals surface area contributed by atoms with Crippen LogP contribution in [0.5, 0.6) is 11.5 Å². The maximum absolute atomic E-state index is 12.3. The molecule has 0 bridgehead atoms. The van der Waals surface area contributed by atoms with Crippen LogP contribution >= 0.6 is 12.2 Å². The highest BCUT2D eigenvalue weighted by molar-refractivity contribution is 7.80. The van der Waals surface area contributed by atoms with Gasteiger partial charge in [-0.3, -0.25) is 15.6 Å². The molecule has 3 N–H and O–H groups in total. The molecule has 0 fully saturated rings. The maximum Gasteiger partial charge on any atom is 0.269 e. The molecular weight excluding hydrogens is 346 g/mol. The number of hydrogen-bond donors (Lipinski definition) is 3. The van der Waals surface area contributed by atoms with Crippen LogP contribution in [0.15, 0.2) is 84.9 Å². The molecule has 0 spiro atoms. The van der Waals surface area contributed by atoms with E-state index in [2.05, 4.69) is 16.2 Å². The van der Waals surface area contributed by atoms with Gasteiger partial charge in [0.15, 0.2) is 5.11 Å². The monoisotopic (exact) mass is 363 g/mol. The minimum absolute atomic E-state index is 0.293. The number of ether oxygens (including phenoxy) is 1. The lowest BCUT2D eigenvalue weighted by Crippen LogP contribution is -2.43. The first-order chi connectivity index (χ1) is 12.7. The average Bonchev–Trinajstić information content (AvgIpc) is 2.68. The Hall–Kier alpha value is -3.38. The van der Waals surface area contributed by atoms with Crippen LogP contribution in [0, 0.1) is 0 Å². The lowest BCUT2D eigenvalue weighted by Gasteiger charge is -2.12. The number of para-hydroxylation sites is 2. The van der Waals surface area contributed by atoms with Crippen molar-refractivity contribution in [1.82, 2.24) is 10.9 Å². The van der Waals surface area contributed by atoms with E-state index < -0.39 is 0 Å². The molecule has 130 valence electrons. The number of benzene rings is 3. The van der Waals surface area contributed by atoms with Gasteiger partial charge in [0.1, 0.15) is 11.5 Å². The molecule has 0 heterocycles. The van der Waals surface area contributed by atoms with Crippen molar-refractivity contribution in [3.05, 3.63) is 90.5 Å². The van der Waals surface area contributed by atoms with Gasteiger partial charge in [-0.1, -0.05) is 42.5 Å². The predicted octanol–water partition coefficient (Wildman–Crippen LogP) is 4.11. The number of amides is 1. The van der Waals surface area contributed by atoms with Crippen molar-refractivity contribution in [2.45, 2.75) is 0 Å². The van der Waals surface area contributed by atoms with Gasteiger partial charge in [-0.2, -0.15) is 0 Å². The van der Waals surface area contributed by atoms with Crippen LogP contribution in [0.1, 0.15) is 10.4 Å². The van der Waals surface area contributed by atoms with E-state index in [-0.39, 0.29) is 5.91 Å². The molecule has 0 aliphatic carbocycles. The van der Waals surface area contributed by atoms with Gasteiger partial charge >= 0.3 is 0 Å². The molecule has 0 aliphatic rings. The van der Waals surface area contributed by atoms with E-state index in [1.807, 2.05) is 60.7 Å². The van der Waals surface area contributed by atoms with E-state index in [0.29, 0.717) is 22.2 Å². The second-order valence-corrected chi connectivity index (χ2v) is 5.75. The summed E-state index contributed by atoms with van der Waals surface area (Å²) in [5.41, 5.74) is 6.52. The summed E-state index contributed by atoms with van der Waals surface area (Å²) in [6.07, 6.45) is 0. The van der Waals surface area contributed by atoms with Crippen LogP contribution in [0.4, 0.5) is 5.69 Å². The number of hydrazine groups is 1. The highest BCUT2D eigenvalue weighted by Gasteiger charge is 2.08. The molecule has 5 nitrogen and oxygen atoms in total. The Kier molecular flexibility index (Phi) is 5.80. The van der Waals surface area contributed by atoms with Crippen molar-refractivity contribution >= 4 is 28.9 Å². The first kappa shape index (κ1) is 17.4. The normalized spacial score (nSPS) is 9.85. The van der Waals surface area contributed by atoms with Crippen molar-refractivity contribution in [2.24, 2.45) is 0 Å². The Morgan fingerprint density at radius 1 is 0.769 bits per heavy atom. The smallest absolute Gasteiger partial charge is 0.269 e. The number of carbonyl (C=O) groups excluding carboxylic acids is 1. The van der Waals surface area contributed by atoms with E-state index in [1.54, 1.807) is 24.3 Å². The second kappa shape index (κ2) is 8.64. The molecule has 0 aliphatic heterocycles. The van der Waals surface area contributed by atoms with Gasteiger partial charge in [0.05, 0.1) is 0 Å². The van der Waals surface area contributed by atoms with E-state index in [0.717, 1.165) is 5.69 Å². The average molecular weight is 363 g/mol. The maximum atomic E-state index is 12.3. The Morgan fingerprint density at radius 3 is 2.15 bits per heavy atom. The molecule has 6 heteroatoms. The quantitative estimate of drug-likeness (QED) is 0.481. The molecule has 1 amide bonds. The minimum atomic E-state index is -0.319. The summed E-state index contributed by atoms with van der Waals surface area (Å²) >= 11 is 5.16. The first-order valence-electron chi connectivity index (χ1n) is 7.96. The zero-order valence-electron chi connectivity index (χ0n) is 13.8. The van der Waals surface area contributed by atoms with Gasteiger partial charge in [-0.25, -0.2) is 0 Å². The molecule has 0 radical (unpaired) electrons. The van der Waals surface area contributed by atoms with E-state index >= 15 is 0 Å². The topological polar surface area (TPSA) is 62.4 Å². The summed E-state index contributed by atoms with van der Waals surface area (Å²) < 4.78 is 5.74. The van der Waals surface area contributed by atoms with Gasteiger partial charge < -0.3 is 10.1 Å². The zero-order chi connectivity index (χ0) is 18.2. The molecule has 0 unspecified atom stereocenters. The van der Waals surface area contributed by atoms with Crippen LogP contribution in [-0.2, 0) is 0 Å². The lowest BCUT2D eigenvalue weighted by atomic mass is 10.2. The molecule has 0 saturated heterocycles. The first-order valence-corrected chi connectivity index (χ1v) is 8.37. The Balaban J connectivity index is 1.56. The van der Waals surface area contributed by atoms with Crippen LogP contribution in [0.25, 0.3) is 0 Å². The summed E-state index contributed by atoms with van der Waals surface area (Å²) in [5.74, 6) is 0.964. The lowest BCUT2D eigenvalue weighted by molar-refractivity contribution is 0.0944. The number of anilines is 1. The third-order valence-electron chi connectivity index (χ3n) is 3.40. The molecule has 0 aromatic heterocycles. The summed E-state index contributed by atoms with van der Waals surface area (Å²) in [5, 5.41) is 3.27. The number of nitrogens with one attached hydrogen (secondary N) is 3. The summed E-state index contributed by atoms with van der Waals surface area (Å²) in [6.45, 7) is 0. The molecule has 26 heavy (non-hydrogen) atoms. The molecule has 0 saturated carbocycles. The van der Waals surface area contributed by atoms with Crippen molar-refractivity contribution in [3.8, 4) is 11.5 Å². The molecular formula is C20H17N3O2S. The standard InChI is InChI=1S/C20H17N3O2S/c24-19(22-23-20(26)21-16-9-3-1-4-10-16)15-8-7-13-18(14-15)25-17-11-5-2-6-12-17/h1-14H,(H,22,24)(H2,21,23,26). The second-order valence-electron chi connectivity index (χ2n) is 5.34. The van der Waals surface area contributed by atoms with Crippen LogP contribution < -0.4 is 20.9 Å². The summed E-state index contributed by atoms with van der Waals surface area (Å²) in [6, 6.07) is 25.7. The minimum Gasteiger partial charge on any atom is -0.457 e. The number of rotatable bonds is 4. The Bertz CT molecular complexity index is 886. The third kappa shape index (κ3) is 5.06. The van der Waals surface area contributed by atoms with Crippen LogP contribution in [0.2, 0.25) is 0 Å². The highest BCUT2D eigenvalue weighted by Crippen LogP contribution is 2.21. The predicted molar refractivity (Wildman–Crippen MR) is 106 cm³/mol. The van der Waals surface area contributed by atoms with Gasteiger partial charge in [-0.05, 0) is 54.7 Å². The Labute approximate surface area is 157 Å². The SMILES string of the molecule is O=C(NNC(=S)Nc1ccccc1)c1cccc(Oc2ccccc2)c1. The number of carbonyl (C=O) groups is 1. The van der Waals surface area contributed by atoms with Gasteiger partial charge in [-0.15, -0.1) is 0 Å². The van der Waals surface area contributed by atoms with Crippen molar-refractivity contribution in [3.63, 3.8) is 0 Å².